The van der Waals surface area contributed by atoms with Gasteiger partial charge in [0.25, 0.3) is 0 Å². The highest BCUT2D eigenvalue weighted by Gasteiger charge is 2.22. The summed E-state index contributed by atoms with van der Waals surface area (Å²) >= 11 is 3.51. The highest BCUT2D eigenvalue weighted by atomic mass is 32.2. The minimum atomic E-state index is 0.708. The molecule has 3 rings (SSSR count). The molecule has 0 aliphatic carbocycles. The van der Waals surface area contributed by atoms with Crippen molar-refractivity contribution in [1.29, 1.82) is 0 Å². The standard InChI is InChI=1S/C11H15N3S2/c1-2-4-14-5-3-7-8(6-14)15-10-9(7)13-11(12)16-10/h2-6H2,1H3,(H2,12,13). The lowest BCUT2D eigenvalue weighted by atomic mass is 10.1. The number of nitrogens with zero attached hydrogens (tertiary/aromatic N) is 2. The molecule has 2 aromatic rings. The van der Waals surface area contributed by atoms with Crippen LogP contribution in [0, 0.1) is 0 Å². The van der Waals surface area contributed by atoms with Gasteiger partial charge in [-0.15, -0.1) is 11.3 Å². The zero-order valence-electron chi connectivity index (χ0n) is 9.32. The van der Waals surface area contributed by atoms with Gasteiger partial charge >= 0.3 is 0 Å². The number of hydrogen-bond acceptors (Lipinski definition) is 5. The molecule has 0 saturated heterocycles. The number of hydrogen-bond donors (Lipinski definition) is 1. The van der Waals surface area contributed by atoms with Gasteiger partial charge in [0.1, 0.15) is 4.01 Å². The second-order valence-electron chi connectivity index (χ2n) is 4.22. The number of nitrogen functional groups attached to an aromatic ring is 1. The first-order valence-corrected chi connectivity index (χ1v) is 7.30. The molecule has 16 heavy (non-hydrogen) atoms. The summed E-state index contributed by atoms with van der Waals surface area (Å²) in [5.74, 6) is 0. The summed E-state index contributed by atoms with van der Waals surface area (Å²) in [6.45, 7) is 5.73. The van der Waals surface area contributed by atoms with Crippen LogP contribution in [0.3, 0.4) is 0 Å². The molecule has 1 aliphatic rings. The van der Waals surface area contributed by atoms with Gasteiger partial charge < -0.3 is 5.73 Å². The number of anilines is 1. The highest BCUT2D eigenvalue weighted by molar-refractivity contribution is 7.39. The lowest BCUT2D eigenvalue weighted by Gasteiger charge is -2.25. The quantitative estimate of drug-likeness (QED) is 0.895. The van der Waals surface area contributed by atoms with E-state index in [-0.39, 0.29) is 0 Å². The van der Waals surface area contributed by atoms with Gasteiger partial charge in [-0.25, -0.2) is 4.98 Å². The molecule has 3 heterocycles. The lowest BCUT2D eigenvalue weighted by molar-refractivity contribution is 0.258. The molecule has 0 bridgehead atoms. The number of aromatic nitrogens is 1. The van der Waals surface area contributed by atoms with Crippen molar-refractivity contribution >= 4 is 37.3 Å². The molecule has 0 unspecified atom stereocenters. The van der Waals surface area contributed by atoms with E-state index in [0.717, 1.165) is 13.0 Å². The third kappa shape index (κ3) is 1.63. The normalized spacial score (nSPS) is 16.8. The van der Waals surface area contributed by atoms with E-state index in [1.54, 1.807) is 11.3 Å². The van der Waals surface area contributed by atoms with Gasteiger partial charge in [-0.05, 0) is 24.9 Å². The SMILES string of the molecule is CCCN1CCc2c(sc3sc(N)nc23)C1. The maximum atomic E-state index is 5.75. The van der Waals surface area contributed by atoms with Gasteiger partial charge in [-0.1, -0.05) is 18.3 Å². The van der Waals surface area contributed by atoms with Crippen molar-refractivity contribution < 1.29 is 0 Å². The molecular weight excluding hydrogens is 238 g/mol. The van der Waals surface area contributed by atoms with Crippen molar-refractivity contribution in [3.05, 3.63) is 10.4 Å². The Morgan fingerprint density at radius 1 is 1.44 bits per heavy atom. The molecule has 0 atom stereocenters. The minimum Gasteiger partial charge on any atom is -0.375 e. The van der Waals surface area contributed by atoms with Crippen molar-refractivity contribution in [3.63, 3.8) is 0 Å². The smallest absolute Gasteiger partial charge is 0.181 e. The summed E-state index contributed by atoms with van der Waals surface area (Å²) in [6, 6.07) is 0. The van der Waals surface area contributed by atoms with E-state index in [9.17, 15) is 0 Å². The Bertz CT molecular complexity index is 514. The Kier molecular flexibility index (Phi) is 2.61. The van der Waals surface area contributed by atoms with Gasteiger partial charge in [0.2, 0.25) is 0 Å². The summed E-state index contributed by atoms with van der Waals surface area (Å²) in [7, 11) is 0. The fourth-order valence-corrected chi connectivity index (χ4v) is 4.71. The number of thiophene rings is 1. The fourth-order valence-electron chi connectivity index (χ4n) is 2.33. The van der Waals surface area contributed by atoms with Crippen LogP contribution < -0.4 is 5.73 Å². The van der Waals surface area contributed by atoms with E-state index < -0.39 is 0 Å². The monoisotopic (exact) mass is 253 g/mol. The van der Waals surface area contributed by atoms with Crippen LogP contribution in [-0.4, -0.2) is 23.0 Å². The molecule has 0 spiro atoms. The Morgan fingerprint density at radius 3 is 3.12 bits per heavy atom. The van der Waals surface area contributed by atoms with Crippen LogP contribution >= 0.6 is 22.7 Å². The summed E-state index contributed by atoms with van der Waals surface area (Å²) in [5, 5.41) is 0.708. The molecular formula is C11H15N3S2. The van der Waals surface area contributed by atoms with Crippen LogP contribution in [0.1, 0.15) is 23.8 Å². The van der Waals surface area contributed by atoms with Crippen molar-refractivity contribution in [2.75, 3.05) is 18.8 Å². The minimum absolute atomic E-state index is 0.708. The first-order valence-electron chi connectivity index (χ1n) is 5.67. The van der Waals surface area contributed by atoms with Gasteiger partial charge in [0, 0.05) is 18.0 Å². The summed E-state index contributed by atoms with van der Waals surface area (Å²) < 4.78 is 1.31. The molecule has 1 aliphatic heterocycles. The van der Waals surface area contributed by atoms with Crippen LogP contribution in [-0.2, 0) is 13.0 Å². The first-order chi connectivity index (χ1) is 7.78. The first kappa shape index (κ1) is 10.5. The van der Waals surface area contributed by atoms with Crippen LogP contribution in [0.2, 0.25) is 0 Å². The molecule has 0 fully saturated rings. The summed E-state index contributed by atoms with van der Waals surface area (Å²) in [5.41, 5.74) is 8.38. The maximum absolute atomic E-state index is 5.75. The molecule has 0 radical (unpaired) electrons. The third-order valence-electron chi connectivity index (χ3n) is 3.04. The van der Waals surface area contributed by atoms with Gasteiger partial charge in [0.15, 0.2) is 5.13 Å². The number of rotatable bonds is 2. The van der Waals surface area contributed by atoms with E-state index >= 15 is 0 Å². The zero-order valence-corrected chi connectivity index (χ0v) is 11.0. The third-order valence-corrected chi connectivity index (χ3v) is 5.22. The predicted molar refractivity (Wildman–Crippen MR) is 71.2 cm³/mol. The number of fused-ring (bicyclic) bond motifs is 3. The van der Waals surface area contributed by atoms with Crippen molar-refractivity contribution in [3.8, 4) is 0 Å². The predicted octanol–water partition coefficient (Wildman–Crippen LogP) is 2.71. The highest BCUT2D eigenvalue weighted by Crippen LogP contribution is 2.38. The molecule has 0 saturated carbocycles. The van der Waals surface area contributed by atoms with Crippen LogP contribution in [0.5, 0.6) is 0 Å². The van der Waals surface area contributed by atoms with Crippen LogP contribution in [0.15, 0.2) is 0 Å². The van der Waals surface area contributed by atoms with Gasteiger partial charge in [-0.2, -0.15) is 0 Å². The Balaban J connectivity index is 1.97. The van der Waals surface area contributed by atoms with Gasteiger partial charge in [-0.3, -0.25) is 4.90 Å². The zero-order chi connectivity index (χ0) is 11.1. The van der Waals surface area contributed by atoms with E-state index in [0.29, 0.717) is 5.13 Å². The van der Waals surface area contributed by atoms with E-state index in [1.165, 1.54) is 39.5 Å². The van der Waals surface area contributed by atoms with Crippen molar-refractivity contribution in [1.82, 2.24) is 9.88 Å². The molecule has 0 aromatic carbocycles. The molecule has 2 aromatic heterocycles. The maximum Gasteiger partial charge on any atom is 0.181 e. The molecule has 86 valence electrons. The molecule has 3 nitrogen and oxygen atoms in total. The lowest BCUT2D eigenvalue weighted by Crippen LogP contribution is -2.30. The van der Waals surface area contributed by atoms with Crippen LogP contribution in [0.4, 0.5) is 5.13 Å². The average Bonchev–Trinajstić information content (AvgIpc) is 2.73. The number of nitrogens with two attached hydrogens (primary N) is 1. The Hall–Kier alpha value is -0.650. The average molecular weight is 253 g/mol. The Morgan fingerprint density at radius 2 is 2.31 bits per heavy atom. The molecule has 2 N–H and O–H groups in total. The van der Waals surface area contributed by atoms with Crippen molar-refractivity contribution in [2.24, 2.45) is 0 Å². The van der Waals surface area contributed by atoms with E-state index in [2.05, 4.69) is 16.8 Å². The molecule has 5 heteroatoms. The topological polar surface area (TPSA) is 42.1 Å². The van der Waals surface area contributed by atoms with E-state index in [1.807, 2.05) is 11.3 Å². The fraction of sp³-hybridized carbons (Fsp3) is 0.545. The largest absolute Gasteiger partial charge is 0.375 e. The molecule has 0 amide bonds. The van der Waals surface area contributed by atoms with Gasteiger partial charge in [0.05, 0.1) is 5.52 Å². The summed E-state index contributed by atoms with van der Waals surface area (Å²) in [6.07, 6.45) is 2.37. The van der Waals surface area contributed by atoms with Crippen molar-refractivity contribution in [2.45, 2.75) is 26.3 Å². The second kappa shape index (κ2) is 3.98. The van der Waals surface area contributed by atoms with E-state index in [4.69, 9.17) is 5.73 Å². The number of thiazole rings is 1. The second-order valence-corrected chi connectivity index (χ2v) is 6.61. The summed E-state index contributed by atoms with van der Waals surface area (Å²) in [4.78, 5) is 8.49. The Labute approximate surface area is 103 Å². The van der Waals surface area contributed by atoms with Crippen LogP contribution in [0.25, 0.3) is 9.53 Å².